The van der Waals surface area contributed by atoms with Gasteiger partial charge in [0, 0.05) is 19.6 Å². The van der Waals surface area contributed by atoms with Crippen molar-refractivity contribution in [3.05, 3.63) is 76.5 Å². The Labute approximate surface area is 186 Å². The van der Waals surface area contributed by atoms with Crippen LogP contribution in [0.4, 0.5) is 0 Å². The molecule has 4 rings (SSSR count). The number of benzene rings is 2. The fourth-order valence-electron chi connectivity index (χ4n) is 4.52. The van der Waals surface area contributed by atoms with Gasteiger partial charge >= 0.3 is 5.69 Å². The molecule has 0 spiro atoms. The quantitative estimate of drug-likeness (QED) is 0.554. The number of rotatable bonds is 6. The molecule has 1 aliphatic heterocycles. The van der Waals surface area contributed by atoms with Gasteiger partial charge in [0.1, 0.15) is 0 Å². The molecule has 32 heavy (non-hydrogen) atoms. The molecule has 8 nitrogen and oxygen atoms in total. The topological polar surface area (TPSA) is 111 Å². The van der Waals surface area contributed by atoms with Crippen LogP contribution in [0.3, 0.4) is 0 Å². The average Bonchev–Trinajstić information content (AvgIpc) is 3.26. The number of amides is 2. The molecule has 8 heteroatoms. The highest BCUT2D eigenvalue weighted by Gasteiger charge is 2.44. The zero-order valence-corrected chi connectivity index (χ0v) is 18.1. The summed E-state index contributed by atoms with van der Waals surface area (Å²) >= 11 is 0. The van der Waals surface area contributed by atoms with Crippen molar-refractivity contribution in [3.8, 4) is 11.1 Å². The van der Waals surface area contributed by atoms with Gasteiger partial charge in [-0.1, -0.05) is 54.6 Å². The van der Waals surface area contributed by atoms with E-state index in [2.05, 4.69) is 44.8 Å². The number of hydrogen-bond acceptors (Lipinski definition) is 4. The van der Waals surface area contributed by atoms with Gasteiger partial charge in [-0.05, 0) is 42.9 Å². The fraction of sp³-hybridized carbons (Fsp3) is 0.333. The first-order valence-electron chi connectivity index (χ1n) is 10.9. The highest BCUT2D eigenvalue weighted by atomic mass is 16.2. The number of carbonyl (C=O) groups excluding carboxylic acids is 2. The number of likely N-dealkylation sites (tertiary alicyclic amines) is 1. The molecule has 1 unspecified atom stereocenters. The van der Waals surface area contributed by atoms with E-state index in [4.69, 9.17) is 0 Å². The maximum atomic E-state index is 13.4. The van der Waals surface area contributed by atoms with Crippen molar-refractivity contribution in [1.82, 2.24) is 25.4 Å². The van der Waals surface area contributed by atoms with Crippen LogP contribution >= 0.6 is 0 Å². The Morgan fingerprint density at radius 3 is 2.59 bits per heavy atom. The van der Waals surface area contributed by atoms with E-state index in [9.17, 15) is 14.4 Å². The lowest BCUT2D eigenvalue weighted by molar-refractivity contribution is -0.133. The Bertz CT molecular complexity index is 1150. The van der Waals surface area contributed by atoms with Crippen molar-refractivity contribution in [2.45, 2.75) is 26.2 Å². The van der Waals surface area contributed by atoms with Crippen LogP contribution in [0.1, 0.15) is 35.9 Å². The van der Waals surface area contributed by atoms with E-state index in [1.807, 2.05) is 37.3 Å². The van der Waals surface area contributed by atoms with E-state index in [0.717, 1.165) is 16.7 Å². The Hall–Kier alpha value is -3.68. The van der Waals surface area contributed by atoms with Gasteiger partial charge in [0.05, 0.1) is 5.41 Å². The van der Waals surface area contributed by atoms with Crippen LogP contribution in [0.25, 0.3) is 11.1 Å². The minimum Gasteiger partial charge on any atom is -0.356 e. The highest BCUT2D eigenvalue weighted by Crippen LogP contribution is 2.37. The SMILES string of the molecule is CCNC(=O)C1(Cc2ccccc2-c2ccccc2)CCCN(C(=O)c2n[nH]c(=O)[nH]2)C1. The molecule has 0 bridgehead atoms. The number of nitrogens with zero attached hydrogens (tertiary/aromatic N) is 2. The van der Waals surface area contributed by atoms with Gasteiger partial charge in [-0.25, -0.2) is 9.89 Å². The van der Waals surface area contributed by atoms with Gasteiger partial charge in [0.15, 0.2) is 0 Å². The van der Waals surface area contributed by atoms with Crippen LogP contribution in [0, 0.1) is 5.41 Å². The summed E-state index contributed by atoms with van der Waals surface area (Å²) in [5.41, 5.74) is 1.93. The molecule has 2 heterocycles. The summed E-state index contributed by atoms with van der Waals surface area (Å²) in [4.78, 5) is 41.8. The van der Waals surface area contributed by atoms with Crippen LogP contribution < -0.4 is 11.0 Å². The zero-order valence-electron chi connectivity index (χ0n) is 18.1. The highest BCUT2D eigenvalue weighted by molar-refractivity contribution is 5.91. The second-order valence-electron chi connectivity index (χ2n) is 8.20. The molecule has 1 fully saturated rings. The molecule has 166 valence electrons. The number of aromatic nitrogens is 3. The Morgan fingerprint density at radius 1 is 1.12 bits per heavy atom. The van der Waals surface area contributed by atoms with E-state index >= 15 is 0 Å². The molecule has 0 saturated carbocycles. The number of hydrogen-bond donors (Lipinski definition) is 3. The number of nitrogens with one attached hydrogen (secondary N) is 3. The summed E-state index contributed by atoms with van der Waals surface area (Å²) in [6, 6.07) is 18.2. The first kappa shape index (κ1) is 21.5. The summed E-state index contributed by atoms with van der Waals surface area (Å²) in [5, 5.41) is 8.99. The Balaban J connectivity index is 1.68. The molecule has 2 aromatic carbocycles. The van der Waals surface area contributed by atoms with Crippen LogP contribution in [-0.2, 0) is 11.2 Å². The number of carbonyl (C=O) groups is 2. The smallest absolute Gasteiger partial charge is 0.341 e. The van der Waals surface area contributed by atoms with E-state index in [1.165, 1.54) is 0 Å². The summed E-state index contributed by atoms with van der Waals surface area (Å²) in [6.45, 7) is 3.18. The van der Waals surface area contributed by atoms with Gasteiger partial charge in [0.2, 0.25) is 11.7 Å². The predicted octanol–water partition coefficient (Wildman–Crippen LogP) is 2.37. The fourth-order valence-corrected chi connectivity index (χ4v) is 4.52. The molecule has 3 aromatic rings. The first-order valence-corrected chi connectivity index (χ1v) is 10.9. The second-order valence-corrected chi connectivity index (χ2v) is 8.20. The van der Waals surface area contributed by atoms with Crippen molar-refractivity contribution in [1.29, 1.82) is 0 Å². The van der Waals surface area contributed by atoms with Crippen LogP contribution in [-0.4, -0.2) is 51.5 Å². The van der Waals surface area contributed by atoms with Crippen LogP contribution in [0.5, 0.6) is 0 Å². The molecule has 1 atom stereocenters. The van der Waals surface area contributed by atoms with Gasteiger partial charge in [-0.2, -0.15) is 0 Å². The minimum absolute atomic E-state index is 0.0358. The molecular formula is C24H27N5O3. The van der Waals surface area contributed by atoms with Crippen molar-refractivity contribution in [3.63, 3.8) is 0 Å². The van der Waals surface area contributed by atoms with Gasteiger partial charge in [0.25, 0.3) is 5.91 Å². The normalized spacial score (nSPS) is 18.3. The van der Waals surface area contributed by atoms with Crippen LogP contribution in [0.15, 0.2) is 59.4 Å². The maximum Gasteiger partial charge on any atom is 0.341 e. The van der Waals surface area contributed by atoms with Crippen LogP contribution in [0.2, 0.25) is 0 Å². The van der Waals surface area contributed by atoms with E-state index in [0.29, 0.717) is 32.4 Å². The van der Waals surface area contributed by atoms with Gasteiger partial charge < -0.3 is 10.2 Å². The van der Waals surface area contributed by atoms with Crippen molar-refractivity contribution in [2.24, 2.45) is 5.41 Å². The van der Waals surface area contributed by atoms with Crippen molar-refractivity contribution < 1.29 is 9.59 Å². The molecule has 0 radical (unpaired) electrons. The molecular weight excluding hydrogens is 406 g/mol. The largest absolute Gasteiger partial charge is 0.356 e. The third-order valence-electron chi connectivity index (χ3n) is 6.02. The lowest BCUT2D eigenvalue weighted by Gasteiger charge is -2.41. The second kappa shape index (κ2) is 9.21. The predicted molar refractivity (Wildman–Crippen MR) is 121 cm³/mol. The van der Waals surface area contributed by atoms with Gasteiger partial charge in [-0.15, -0.1) is 5.10 Å². The molecule has 1 aliphatic rings. The number of H-pyrrole nitrogens is 2. The van der Waals surface area contributed by atoms with Gasteiger partial charge in [-0.3, -0.25) is 14.6 Å². The third kappa shape index (κ3) is 4.34. The molecule has 1 saturated heterocycles. The molecule has 1 aromatic heterocycles. The summed E-state index contributed by atoms with van der Waals surface area (Å²) in [7, 11) is 0. The molecule has 3 N–H and O–H groups in total. The number of aromatic amines is 2. The maximum absolute atomic E-state index is 13.4. The standard InChI is InChI=1S/C24H27N5O3/c1-2-25-22(31)24(13-8-14-29(16-24)21(30)20-26-23(32)28-27-20)15-18-11-6-7-12-19(18)17-9-4-3-5-10-17/h3-7,9-12H,2,8,13-16H2,1H3,(H,25,31)(H2,26,27,28,32). The van der Waals surface area contributed by atoms with E-state index in [-0.39, 0.29) is 24.2 Å². The Morgan fingerprint density at radius 2 is 1.88 bits per heavy atom. The lowest BCUT2D eigenvalue weighted by atomic mass is 9.73. The minimum atomic E-state index is -0.772. The van der Waals surface area contributed by atoms with Crippen molar-refractivity contribution in [2.75, 3.05) is 19.6 Å². The van der Waals surface area contributed by atoms with E-state index < -0.39 is 11.1 Å². The van der Waals surface area contributed by atoms with Crippen molar-refractivity contribution >= 4 is 11.8 Å². The number of piperidine rings is 1. The monoisotopic (exact) mass is 433 g/mol. The average molecular weight is 434 g/mol. The van der Waals surface area contributed by atoms with E-state index in [1.54, 1.807) is 4.90 Å². The summed E-state index contributed by atoms with van der Waals surface area (Å²) < 4.78 is 0. The zero-order chi connectivity index (χ0) is 22.6. The first-order chi connectivity index (χ1) is 15.5. The Kier molecular flexibility index (Phi) is 6.20. The summed E-state index contributed by atoms with van der Waals surface area (Å²) in [5.74, 6) is -0.477. The summed E-state index contributed by atoms with van der Waals surface area (Å²) in [6.07, 6.45) is 1.86. The molecule has 0 aliphatic carbocycles. The third-order valence-corrected chi connectivity index (χ3v) is 6.02. The molecule has 2 amide bonds. The lowest BCUT2D eigenvalue weighted by Crippen LogP contribution is -2.54.